The molecule has 4 atom stereocenters. The molecule has 0 bridgehead atoms. The highest BCUT2D eigenvalue weighted by molar-refractivity contribution is 7.51. The van der Waals surface area contributed by atoms with E-state index >= 15 is 0 Å². The van der Waals surface area contributed by atoms with E-state index in [0.717, 1.165) is 101 Å². The summed E-state index contributed by atoms with van der Waals surface area (Å²) < 4.78 is 40.4. The summed E-state index contributed by atoms with van der Waals surface area (Å²) in [5, 5.41) is 37.6. The number of aryl methyl sites for hydroxylation is 6. The van der Waals surface area contributed by atoms with Crippen molar-refractivity contribution >= 4 is 57.7 Å². The fourth-order valence-corrected chi connectivity index (χ4v) is 10.5. The summed E-state index contributed by atoms with van der Waals surface area (Å²) >= 11 is -0.750. The molecule has 446 valence electrons. The average molecular weight is 1180 g/mol. The van der Waals surface area contributed by atoms with Crippen LogP contribution in [0.2, 0.25) is 0 Å². The number of aliphatic hydroxyl groups is 2. The number of pyridine rings is 2. The molecule has 0 saturated carbocycles. The van der Waals surface area contributed by atoms with E-state index in [4.69, 9.17) is 46.9 Å². The molecule has 24 nitrogen and oxygen atoms in total. The molecule has 0 radical (unpaired) electrons. The van der Waals surface area contributed by atoms with Gasteiger partial charge >= 0.3 is 23.8 Å². The first-order chi connectivity index (χ1) is 40.4. The number of ether oxygens (including phenoxy) is 2. The summed E-state index contributed by atoms with van der Waals surface area (Å²) in [6.07, 6.45) is 6.14. The van der Waals surface area contributed by atoms with Crippen LogP contribution in [-0.2, 0) is 21.0 Å². The van der Waals surface area contributed by atoms with Crippen LogP contribution < -0.4 is 10.6 Å². The Balaban J connectivity index is 0.000000197. The van der Waals surface area contributed by atoms with Gasteiger partial charge in [-0.3, -0.25) is 0 Å². The second-order valence-electron chi connectivity index (χ2n) is 23.3. The van der Waals surface area contributed by atoms with Gasteiger partial charge in [0.25, 0.3) is 0 Å². The monoisotopic (exact) mass is 1180 g/mol. The summed E-state index contributed by atoms with van der Waals surface area (Å²) in [7, 11) is 0. The number of rotatable bonds is 9. The van der Waals surface area contributed by atoms with Crippen molar-refractivity contribution in [2.75, 3.05) is 36.8 Å². The third-order valence-electron chi connectivity index (χ3n) is 14.1. The molecule has 8 aromatic heterocycles. The number of β-amino-alcohol motifs (C(OH)–C–C–N with tert-alkyl or cyclic N) is 2. The normalized spacial score (nSPS) is 17.2. The van der Waals surface area contributed by atoms with E-state index in [1.807, 2.05) is 138 Å². The molecule has 2 aliphatic rings. The van der Waals surface area contributed by atoms with E-state index in [1.54, 1.807) is 12.4 Å². The Morgan fingerprint density at radius 2 is 1.11 bits per heavy atom. The minimum absolute atomic E-state index is 0.217. The predicted octanol–water partition coefficient (Wildman–Crippen LogP) is 9.56. The number of nitrogens with one attached hydrogen (secondary N) is 3. The van der Waals surface area contributed by atoms with Gasteiger partial charge in [0.2, 0.25) is 11.9 Å². The van der Waals surface area contributed by atoms with Gasteiger partial charge in [0, 0.05) is 77.5 Å². The first-order valence-electron chi connectivity index (χ1n) is 27.7. The lowest BCUT2D eigenvalue weighted by molar-refractivity contribution is 0.00136. The summed E-state index contributed by atoms with van der Waals surface area (Å²) in [6.45, 7) is 23.6. The SMILES string of the molecule is Cc1cnc(N[C@H]2C[C@@H](O)CN(C(=O)OC(C)(C)C)C2)nc1-c1c[nH]c2nc(-c3c(C)noc3C)ccc12.Cc1cnc(N[C@H]2C[C@@H](O)CN(C(=O)OC(C)(C)C)C2)nc1-c1cn(-c2ccccc2)c2nc(-c3c(C)noc3C)ccc12.O=S=O. The van der Waals surface area contributed by atoms with Crippen molar-refractivity contribution < 1.29 is 46.7 Å². The standard InChI is InChI=1S/C33H37N7O4.C27H33N7O4.O2S/c1-19-15-34-31(35-22-14-24(41)17-39(16-22)32(42)43-33(4,5)6)37-29(19)26-18-40(23-10-8-7-9-11-23)30-25(26)12-13-27(36-30)28-20(2)38-44-21(28)3;1-14-10-29-25(30-17-9-18(35)13-34(12-17)26(36)37-27(4,5)6)32-23(14)20-11-28-24-19(20)7-8-21(31-24)22-15(2)33-38-16(22)3;1-3-2/h7-13,15,18,22,24,41H,14,16-17H2,1-6H3,(H,34,35,37);7-8,10-11,17-18,35H,9,12-13H2,1-6H3,(H,28,31)(H,29,30,32);/t22-,24+;17-,18+;/m00./s1. The number of anilines is 2. The highest BCUT2D eigenvalue weighted by Crippen LogP contribution is 2.37. The van der Waals surface area contributed by atoms with Gasteiger partial charge in [-0.25, -0.2) is 39.5 Å². The van der Waals surface area contributed by atoms with Crippen LogP contribution >= 0.6 is 0 Å². The fourth-order valence-electron chi connectivity index (χ4n) is 10.5. The van der Waals surface area contributed by atoms with Gasteiger partial charge in [0.05, 0.1) is 70.6 Å². The van der Waals surface area contributed by atoms with Crippen molar-refractivity contribution in [2.24, 2.45) is 0 Å². The van der Waals surface area contributed by atoms with Gasteiger partial charge in [-0.05, 0) is 143 Å². The van der Waals surface area contributed by atoms with Crippen LogP contribution in [0, 0.1) is 41.5 Å². The smallest absolute Gasteiger partial charge is 0.410 e. The van der Waals surface area contributed by atoms with Crippen molar-refractivity contribution in [1.29, 1.82) is 0 Å². The van der Waals surface area contributed by atoms with E-state index in [-0.39, 0.29) is 25.2 Å². The number of H-pyrrole nitrogens is 1. The van der Waals surface area contributed by atoms with Gasteiger partial charge < -0.3 is 58.7 Å². The molecule has 10 heterocycles. The minimum atomic E-state index is -0.750. The van der Waals surface area contributed by atoms with Crippen molar-refractivity contribution in [2.45, 2.75) is 131 Å². The topological polar surface area (TPSA) is 308 Å². The lowest BCUT2D eigenvalue weighted by atomic mass is 10.0. The molecule has 11 rings (SSSR count). The van der Waals surface area contributed by atoms with Crippen LogP contribution in [0.5, 0.6) is 0 Å². The number of amides is 2. The minimum Gasteiger partial charge on any atom is -0.444 e. The Morgan fingerprint density at radius 1 is 0.635 bits per heavy atom. The van der Waals surface area contributed by atoms with Gasteiger partial charge in [0.1, 0.15) is 34.0 Å². The number of hydrogen-bond donors (Lipinski definition) is 5. The average Bonchev–Trinajstić information content (AvgIpc) is 2.20. The molecular weight excluding hydrogens is 1110 g/mol. The van der Waals surface area contributed by atoms with E-state index in [9.17, 15) is 19.8 Å². The molecule has 0 spiro atoms. The number of para-hydroxylation sites is 1. The number of fused-ring (bicyclic) bond motifs is 2. The molecule has 2 aliphatic heterocycles. The molecule has 2 fully saturated rings. The van der Waals surface area contributed by atoms with E-state index in [1.165, 1.54) is 9.80 Å². The Hall–Kier alpha value is -8.94. The molecule has 5 N–H and O–H groups in total. The number of aliphatic hydroxyl groups excluding tert-OH is 2. The molecule has 0 unspecified atom stereocenters. The quantitative estimate of drug-likeness (QED) is 0.0898. The number of carbonyl (C=O) groups is 2. The lowest BCUT2D eigenvalue weighted by Gasteiger charge is -2.36. The fraction of sp³-hybridized carbons (Fsp3) is 0.400. The number of hydrogen-bond acceptors (Lipinski definition) is 20. The van der Waals surface area contributed by atoms with Crippen molar-refractivity contribution in [3.63, 3.8) is 0 Å². The molecular formula is C60H70N14O10S. The van der Waals surface area contributed by atoms with Gasteiger partial charge in [-0.1, -0.05) is 28.5 Å². The third-order valence-corrected chi connectivity index (χ3v) is 14.1. The molecule has 2 amide bonds. The Kier molecular flexibility index (Phi) is 17.9. The summed E-state index contributed by atoms with van der Waals surface area (Å²) in [6, 6.07) is 17.6. The first kappa shape index (κ1) is 60.6. The molecule has 0 aliphatic carbocycles. The third kappa shape index (κ3) is 14.2. The number of nitrogens with zero attached hydrogens (tertiary/aromatic N) is 11. The van der Waals surface area contributed by atoms with Gasteiger partial charge in [-0.2, -0.15) is 8.42 Å². The van der Waals surface area contributed by atoms with E-state index < -0.39 is 47.2 Å². The maximum absolute atomic E-state index is 12.7. The number of piperidine rings is 2. The van der Waals surface area contributed by atoms with Crippen molar-refractivity contribution in [3.05, 3.63) is 113 Å². The summed E-state index contributed by atoms with van der Waals surface area (Å²) in [5.74, 6) is 2.27. The molecule has 1 aromatic carbocycles. The molecule has 2 saturated heterocycles. The van der Waals surface area contributed by atoms with E-state index in [2.05, 4.69) is 52.7 Å². The largest absolute Gasteiger partial charge is 0.444 e. The van der Waals surface area contributed by atoms with Crippen LogP contribution in [0.4, 0.5) is 21.5 Å². The van der Waals surface area contributed by atoms with Crippen molar-refractivity contribution in [1.82, 2.24) is 59.6 Å². The molecule has 25 heteroatoms. The number of carbonyl (C=O) groups excluding carboxylic acids is 2. The maximum atomic E-state index is 12.7. The Labute approximate surface area is 494 Å². The summed E-state index contributed by atoms with van der Waals surface area (Å²) in [5.41, 5.74) is 11.3. The number of aromatic nitrogens is 10. The Bertz CT molecular complexity index is 3880. The molecule has 9 aromatic rings. The number of likely N-dealkylation sites (tertiary alicyclic amines) is 2. The van der Waals surface area contributed by atoms with Crippen LogP contribution in [0.25, 0.3) is 72.8 Å². The van der Waals surface area contributed by atoms with Crippen LogP contribution in [0.15, 0.2) is 88.4 Å². The zero-order valence-corrected chi connectivity index (χ0v) is 50.4. The molecule has 85 heavy (non-hydrogen) atoms. The zero-order chi connectivity index (χ0) is 61.1. The predicted molar refractivity (Wildman–Crippen MR) is 319 cm³/mol. The van der Waals surface area contributed by atoms with Crippen molar-refractivity contribution in [3.8, 4) is 50.7 Å². The van der Waals surface area contributed by atoms with E-state index in [0.29, 0.717) is 43.6 Å². The number of aromatic amines is 1. The lowest BCUT2D eigenvalue weighted by Crippen LogP contribution is -2.52. The summed E-state index contributed by atoms with van der Waals surface area (Å²) in [4.78, 5) is 60.3. The highest BCUT2D eigenvalue weighted by Gasteiger charge is 2.34. The second-order valence-corrected chi connectivity index (χ2v) is 23.4. The van der Waals surface area contributed by atoms with Gasteiger partial charge in [-0.15, -0.1) is 0 Å². The number of benzene rings is 1. The van der Waals surface area contributed by atoms with Gasteiger partial charge in [0.15, 0.2) is 0 Å². The van der Waals surface area contributed by atoms with Crippen LogP contribution in [0.1, 0.15) is 88.4 Å². The van der Waals surface area contributed by atoms with Crippen LogP contribution in [0.3, 0.4) is 0 Å². The van der Waals surface area contributed by atoms with Crippen LogP contribution in [-0.4, -0.2) is 152 Å². The highest BCUT2D eigenvalue weighted by atomic mass is 32.1. The maximum Gasteiger partial charge on any atom is 0.410 e. The Morgan fingerprint density at radius 3 is 1.58 bits per heavy atom. The second kappa shape index (κ2) is 25.1. The first-order valence-corrected chi connectivity index (χ1v) is 28.4. The zero-order valence-electron chi connectivity index (χ0n) is 49.5.